The SMILES string of the molecule is CC(C)(C)OC(=O)N[C@@H]1COCCN(c2nc(OC[C@@]34CCCN3C[C@H](F)C4)nc3c(F)c(Cl)ncc23)C1. The van der Waals surface area contributed by atoms with Gasteiger partial charge >= 0.3 is 12.1 Å². The monoisotopic (exact) mass is 554 g/mol. The Bertz CT molecular complexity index is 1200. The van der Waals surface area contributed by atoms with Crippen LogP contribution >= 0.6 is 11.6 Å². The summed E-state index contributed by atoms with van der Waals surface area (Å²) in [5.41, 5.74) is -1.09. The maximum absolute atomic E-state index is 15.1. The molecule has 0 unspecified atom stereocenters. The highest BCUT2D eigenvalue weighted by Gasteiger charge is 2.49. The van der Waals surface area contributed by atoms with Gasteiger partial charge in [0.15, 0.2) is 11.0 Å². The van der Waals surface area contributed by atoms with E-state index in [1.54, 1.807) is 20.8 Å². The van der Waals surface area contributed by atoms with Crippen molar-refractivity contribution in [3.05, 3.63) is 17.2 Å². The number of carbonyl (C=O) groups excluding carboxylic acids is 1. The van der Waals surface area contributed by atoms with Crippen LogP contribution < -0.4 is 15.0 Å². The van der Waals surface area contributed by atoms with Crippen molar-refractivity contribution in [2.24, 2.45) is 0 Å². The summed E-state index contributed by atoms with van der Waals surface area (Å²) in [7, 11) is 0. The number of halogens is 3. The summed E-state index contributed by atoms with van der Waals surface area (Å²) in [6, 6.07) is -0.447. The maximum Gasteiger partial charge on any atom is 0.408 e. The molecule has 1 amide bonds. The van der Waals surface area contributed by atoms with E-state index in [4.69, 9.17) is 25.8 Å². The Morgan fingerprint density at radius 3 is 2.92 bits per heavy atom. The number of carbonyl (C=O) groups is 1. The van der Waals surface area contributed by atoms with Crippen molar-refractivity contribution in [1.29, 1.82) is 0 Å². The van der Waals surface area contributed by atoms with Gasteiger partial charge in [-0.3, -0.25) is 4.90 Å². The Kier molecular flexibility index (Phi) is 7.49. The predicted octanol–water partition coefficient (Wildman–Crippen LogP) is 3.50. The molecule has 3 atom stereocenters. The molecule has 0 bridgehead atoms. The number of pyridine rings is 1. The maximum atomic E-state index is 15.1. The van der Waals surface area contributed by atoms with E-state index < -0.39 is 35.3 Å². The standard InChI is InChI=1S/C25H33ClF2N6O4/c1-24(2,3)38-23(35)30-16-12-33(7-8-36-13-16)21-17-10-29-20(26)18(28)19(17)31-22(32-21)37-14-25-5-4-6-34(25)11-15(27)9-25/h10,15-16H,4-9,11-14H2,1-3H3,(H,30,35)/t15-,16+,25+/m1/s1. The van der Waals surface area contributed by atoms with Crippen molar-refractivity contribution in [2.45, 2.75) is 63.4 Å². The molecular weight excluding hydrogens is 522 g/mol. The third-order valence-corrected chi connectivity index (χ3v) is 7.38. The van der Waals surface area contributed by atoms with Crippen molar-refractivity contribution in [3.63, 3.8) is 0 Å². The number of aromatic nitrogens is 3. The first-order chi connectivity index (χ1) is 18.0. The van der Waals surface area contributed by atoms with Crippen molar-refractivity contribution < 1.29 is 27.8 Å². The van der Waals surface area contributed by atoms with E-state index in [0.29, 0.717) is 43.9 Å². The first-order valence-corrected chi connectivity index (χ1v) is 13.3. The van der Waals surface area contributed by atoms with Crippen molar-refractivity contribution in [3.8, 4) is 6.01 Å². The van der Waals surface area contributed by atoms with E-state index in [2.05, 4.69) is 25.2 Å². The highest BCUT2D eigenvalue weighted by Crippen LogP contribution is 2.40. The van der Waals surface area contributed by atoms with Crippen LogP contribution in [0.2, 0.25) is 5.15 Å². The van der Waals surface area contributed by atoms with Gasteiger partial charge in [0.25, 0.3) is 0 Å². The normalized spacial score (nSPS) is 26.3. The van der Waals surface area contributed by atoms with Crippen LogP contribution in [0.4, 0.5) is 19.4 Å². The van der Waals surface area contributed by atoms with E-state index >= 15 is 4.39 Å². The zero-order valence-corrected chi connectivity index (χ0v) is 22.6. The lowest BCUT2D eigenvalue weighted by atomic mass is 9.95. The van der Waals surface area contributed by atoms with Gasteiger partial charge in [-0.25, -0.2) is 18.6 Å². The fourth-order valence-electron chi connectivity index (χ4n) is 5.52. The summed E-state index contributed by atoms with van der Waals surface area (Å²) < 4.78 is 46.5. The zero-order valence-electron chi connectivity index (χ0n) is 21.8. The molecule has 13 heteroatoms. The second-order valence-electron chi connectivity index (χ2n) is 11.2. The quantitative estimate of drug-likeness (QED) is 0.556. The molecule has 38 heavy (non-hydrogen) atoms. The number of amides is 1. The highest BCUT2D eigenvalue weighted by molar-refractivity contribution is 6.30. The molecule has 0 radical (unpaired) electrons. The van der Waals surface area contributed by atoms with Crippen LogP contribution in [-0.2, 0) is 9.47 Å². The number of nitrogens with zero attached hydrogens (tertiary/aromatic N) is 5. The number of hydrogen-bond acceptors (Lipinski definition) is 9. The van der Waals surface area contributed by atoms with Gasteiger partial charge in [0.1, 0.15) is 29.7 Å². The molecule has 208 valence electrons. The molecule has 5 heterocycles. The van der Waals surface area contributed by atoms with Gasteiger partial charge in [-0.05, 0) is 40.2 Å². The summed E-state index contributed by atoms with van der Waals surface area (Å²) in [5.74, 6) is -0.400. The van der Waals surface area contributed by atoms with E-state index in [-0.39, 0.29) is 29.9 Å². The third kappa shape index (κ3) is 5.72. The van der Waals surface area contributed by atoms with Gasteiger partial charge in [0.2, 0.25) is 0 Å². The molecule has 5 rings (SSSR count). The number of nitrogens with one attached hydrogen (secondary N) is 1. The van der Waals surface area contributed by atoms with Gasteiger partial charge < -0.3 is 24.4 Å². The molecular formula is C25H33ClF2N6O4. The van der Waals surface area contributed by atoms with E-state index in [0.717, 1.165) is 19.4 Å². The molecule has 3 aliphatic rings. The van der Waals surface area contributed by atoms with E-state index in [9.17, 15) is 9.18 Å². The van der Waals surface area contributed by atoms with Gasteiger partial charge in [0, 0.05) is 32.3 Å². The van der Waals surface area contributed by atoms with Crippen LogP contribution in [-0.4, -0.2) is 95.3 Å². The fraction of sp³-hybridized carbons (Fsp3) is 0.680. The van der Waals surface area contributed by atoms with E-state index in [1.807, 2.05) is 4.90 Å². The molecule has 3 aliphatic heterocycles. The first kappa shape index (κ1) is 27.0. The summed E-state index contributed by atoms with van der Waals surface area (Å²) in [6.45, 7) is 8.13. The minimum Gasteiger partial charge on any atom is -0.461 e. The van der Waals surface area contributed by atoms with Gasteiger partial charge in [-0.2, -0.15) is 9.97 Å². The van der Waals surface area contributed by atoms with Crippen LogP contribution in [0, 0.1) is 5.82 Å². The Morgan fingerprint density at radius 1 is 1.32 bits per heavy atom. The number of anilines is 1. The number of rotatable bonds is 5. The smallest absolute Gasteiger partial charge is 0.408 e. The van der Waals surface area contributed by atoms with Crippen LogP contribution in [0.5, 0.6) is 6.01 Å². The molecule has 0 spiro atoms. The van der Waals surface area contributed by atoms with Crippen molar-refractivity contribution >= 4 is 34.4 Å². The molecule has 3 saturated heterocycles. The van der Waals surface area contributed by atoms with Gasteiger partial charge in [-0.15, -0.1) is 0 Å². The third-order valence-electron chi connectivity index (χ3n) is 7.12. The highest BCUT2D eigenvalue weighted by atomic mass is 35.5. The molecule has 3 fully saturated rings. The number of alkyl halides is 1. The minimum atomic E-state index is -0.902. The summed E-state index contributed by atoms with van der Waals surface area (Å²) >= 11 is 5.98. The van der Waals surface area contributed by atoms with Gasteiger partial charge in [0.05, 0.1) is 30.2 Å². The number of ether oxygens (including phenoxy) is 3. The molecule has 0 aliphatic carbocycles. The largest absolute Gasteiger partial charge is 0.461 e. The molecule has 0 saturated carbocycles. The predicted molar refractivity (Wildman–Crippen MR) is 137 cm³/mol. The fourth-order valence-corrected chi connectivity index (χ4v) is 5.66. The second-order valence-corrected chi connectivity index (χ2v) is 11.5. The lowest BCUT2D eigenvalue weighted by Crippen LogP contribution is -2.46. The number of hydrogen-bond donors (Lipinski definition) is 1. The Labute approximate surface area is 225 Å². The topological polar surface area (TPSA) is 102 Å². The van der Waals surface area contributed by atoms with Crippen LogP contribution in [0.1, 0.15) is 40.0 Å². The summed E-state index contributed by atoms with van der Waals surface area (Å²) in [4.78, 5) is 29.3. The minimum absolute atomic E-state index is 0.0256. The van der Waals surface area contributed by atoms with Crippen LogP contribution in [0.25, 0.3) is 10.9 Å². The molecule has 0 aromatic carbocycles. The van der Waals surface area contributed by atoms with Crippen LogP contribution in [0.3, 0.4) is 0 Å². The molecule has 10 nitrogen and oxygen atoms in total. The molecule has 1 N–H and O–H groups in total. The van der Waals surface area contributed by atoms with Crippen LogP contribution in [0.15, 0.2) is 6.20 Å². The van der Waals surface area contributed by atoms with E-state index in [1.165, 1.54) is 6.20 Å². The molecule has 2 aromatic rings. The summed E-state index contributed by atoms with van der Waals surface area (Å²) in [6.07, 6.45) is 2.13. The second kappa shape index (κ2) is 10.5. The Hall–Kier alpha value is -2.57. The number of alkyl carbamates (subject to hydrolysis) is 1. The zero-order chi connectivity index (χ0) is 27.1. The number of fused-ring (bicyclic) bond motifs is 2. The molecule has 2 aromatic heterocycles. The summed E-state index contributed by atoms with van der Waals surface area (Å²) in [5, 5.41) is 2.87. The Morgan fingerprint density at radius 2 is 2.13 bits per heavy atom. The van der Waals surface area contributed by atoms with Crippen molar-refractivity contribution in [1.82, 2.24) is 25.2 Å². The first-order valence-electron chi connectivity index (χ1n) is 12.9. The lowest BCUT2D eigenvalue weighted by molar-refractivity contribution is 0.0466. The van der Waals surface area contributed by atoms with Gasteiger partial charge in [-0.1, -0.05) is 11.6 Å². The van der Waals surface area contributed by atoms with Crippen molar-refractivity contribution in [2.75, 3.05) is 50.9 Å². The Balaban J connectivity index is 1.43. The average molecular weight is 555 g/mol. The lowest BCUT2D eigenvalue weighted by Gasteiger charge is -2.31. The average Bonchev–Trinajstić information content (AvgIpc) is 3.25.